The predicted molar refractivity (Wildman–Crippen MR) is 106 cm³/mol. The molecule has 1 aromatic heterocycles. The molecule has 0 bridgehead atoms. The fraction of sp³-hybridized carbons (Fsp3) is 0.167. The Balaban J connectivity index is 2.09. The number of hydrogen-bond donors (Lipinski definition) is 0. The standard InChI is InChI=1S/C18H17ClFN3O2S2/c1-22(2)27(24,25)17-10-12(4-9-15(17)19)16-11-26-18(23(16)3)21-14-7-5-13(20)6-8-14/h4-11H,1-3H3. The second kappa shape index (κ2) is 7.55. The molecule has 0 atom stereocenters. The topological polar surface area (TPSA) is 54.7 Å². The van der Waals surface area contributed by atoms with E-state index in [2.05, 4.69) is 4.99 Å². The second-order valence-electron chi connectivity index (χ2n) is 5.98. The van der Waals surface area contributed by atoms with E-state index in [4.69, 9.17) is 11.6 Å². The molecule has 9 heteroatoms. The molecule has 3 aromatic rings. The molecule has 1 heterocycles. The van der Waals surface area contributed by atoms with Gasteiger partial charge in [-0.15, -0.1) is 11.3 Å². The van der Waals surface area contributed by atoms with Gasteiger partial charge >= 0.3 is 0 Å². The van der Waals surface area contributed by atoms with E-state index >= 15 is 0 Å². The summed E-state index contributed by atoms with van der Waals surface area (Å²) < 4.78 is 41.0. The molecule has 27 heavy (non-hydrogen) atoms. The smallest absolute Gasteiger partial charge is 0.244 e. The van der Waals surface area contributed by atoms with E-state index in [9.17, 15) is 12.8 Å². The van der Waals surface area contributed by atoms with E-state index in [-0.39, 0.29) is 15.7 Å². The van der Waals surface area contributed by atoms with Gasteiger partial charge in [0.05, 0.1) is 16.4 Å². The average Bonchev–Trinajstić information content (AvgIpc) is 2.98. The number of sulfonamides is 1. The van der Waals surface area contributed by atoms with Crippen LogP contribution in [0.15, 0.2) is 57.7 Å². The molecule has 0 unspecified atom stereocenters. The zero-order valence-electron chi connectivity index (χ0n) is 14.8. The van der Waals surface area contributed by atoms with Crippen molar-refractivity contribution in [3.63, 3.8) is 0 Å². The molecule has 5 nitrogen and oxygen atoms in total. The van der Waals surface area contributed by atoms with Crippen molar-refractivity contribution < 1.29 is 12.8 Å². The molecule has 2 aromatic carbocycles. The summed E-state index contributed by atoms with van der Waals surface area (Å²) in [6.45, 7) is 0. The van der Waals surface area contributed by atoms with Crippen molar-refractivity contribution in [2.24, 2.45) is 12.0 Å². The fourth-order valence-electron chi connectivity index (χ4n) is 2.42. The first-order valence-electron chi connectivity index (χ1n) is 7.87. The first-order chi connectivity index (χ1) is 12.7. The number of halogens is 2. The number of thiazole rings is 1. The molecular formula is C18H17ClFN3O2S2. The SMILES string of the molecule is CN(C)S(=O)(=O)c1cc(-c2csc(=Nc3ccc(F)cc3)n2C)ccc1Cl. The Hall–Kier alpha value is -2.00. The van der Waals surface area contributed by atoms with Gasteiger partial charge in [0, 0.05) is 32.1 Å². The molecule has 0 N–H and O–H groups in total. The summed E-state index contributed by atoms with van der Waals surface area (Å²) in [5.41, 5.74) is 2.14. The van der Waals surface area contributed by atoms with Crippen molar-refractivity contribution in [2.75, 3.05) is 14.1 Å². The van der Waals surface area contributed by atoms with Gasteiger partial charge in [-0.3, -0.25) is 0 Å². The zero-order valence-corrected chi connectivity index (χ0v) is 17.2. The van der Waals surface area contributed by atoms with Gasteiger partial charge < -0.3 is 4.57 Å². The Bertz CT molecular complexity index is 1150. The minimum Gasteiger partial charge on any atom is -0.320 e. The summed E-state index contributed by atoms with van der Waals surface area (Å²) in [7, 11) is 1.10. The fourth-order valence-corrected chi connectivity index (χ4v) is 4.74. The lowest BCUT2D eigenvalue weighted by Gasteiger charge is -2.14. The van der Waals surface area contributed by atoms with E-state index in [0.717, 1.165) is 10.00 Å². The van der Waals surface area contributed by atoms with Crippen molar-refractivity contribution in [1.29, 1.82) is 0 Å². The lowest BCUT2D eigenvalue weighted by Crippen LogP contribution is -2.22. The number of hydrogen-bond acceptors (Lipinski definition) is 4. The molecule has 142 valence electrons. The van der Waals surface area contributed by atoms with Gasteiger partial charge in [-0.2, -0.15) is 0 Å². The summed E-state index contributed by atoms with van der Waals surface area (Å²) in [5.74, 6) is -0.319. The van der Waals surface area contributed by atoms with Crippen molar-refractivity contribution >= 4 is 38.6 Å². The maximum absolute atomic E-state index is 13.0. The third-order valence-electron chi connectivity index (χ3n) is 3.96. The molecule has 0 radical (unpaired) electrons. The Morgan fingerprint density at radius 3 is 2.44 bits per heavy atom. The zero-order chi connectivity index (χ0) is 19.8. The van der Waals surface area contributed by atoms with Gasteiger partial charge in [-0.05, 0) is 36.4 Å². The van der Waals surface area contributed by atoms with E-state index in [1.165, 1.54) is 37.6 Å². The molecule has 0 saturated carbocycles. The number of aromatic nitrogens is 1. The van der Waals surface area contributed by atoms with Gasteiger partial charge in [0.15, 0.2) is 4.80 Å². The summed E-state index contributed by atoms with van der Waals surface area (Å²) in [5, 5.41) is 2.05. The van der Waals surface area contributed by atoms with Crippen LogP contribution in [-0.2, 0) is 17.1 Å². The normalized spacial score (nSPS) is 12.7. The van der Waals surface area contributed by atoms with Crippen molar-refractivity contribution in [3.05, 3.63) is 63.5 Å². The largest absolute Gasteiger partial charge is 0.320 e. The van der Waals surface area contributed by atoms with Gasteiger partial charge in [-0.25, -0.2) is 22.1 Å². The highest BCUT2D eigenvalue weighted by Gasteiger charge is 2.22. The third-order valence-corrected chi connectivity index (χ3v) is 7.17. The molecule has 0 spiro atoms. The van der Waals surface area contributed by atoms with Crippen molar-refractivity contribution in [3.8, 4) is 11.3 Å². The Labute approximate surface area is 166 Å². The van der Waals surface area contributed by atoms with Crippen molar-refractivity contribution in [1.82, 2.24) is 8.87 Å². The van der Waals surface area contributed by atoms with E-state index in [1.54, 1.807) is 30.3 Å². The molecule has 0 saturated heterocycles. The number of benzene rings is 2. The molecule has 0 aliphatic heterocycles. The number of rotatable bonds is 4. The van der Waals surface area contributed by atoms with Crippen LogP contribution >= 0.6 is 22.9 Å². The highest BCUT2D eigenvalue weighted by molar-refractivity contribution is 7.89. The summed E-state index contributed by atoms with van der Waals surface area (Å²) in [4.78, 5) is 5.26. The van der Waals surface area contributed by atoms with Crippen LogP contribution < -0.4 is 4.80 Å². The molecular weight excluding hydrogens is 409 g/mol. The van der Waals surface area contributed by atoms with Crippen LogP contribution in [0.5, 0.6) is 0 Å². The maximum Gasteiger partial charge on any atom is 0.244 e. The van der Waals surface area contributed by atoms with E-state index < -0.39 is 10.0 Å². The van der Waals surface area contributed by atoms with Crippen LogP contribution in [0.4, 0.5) is 10.1 Å². The van der Waals surface area contributed by atoms with Crippen LogP contribution in [0.2, 0.25) is 5.02 Å². The lowest BCUT2D eigenvalue weighted by atomic mass is 10.2. The van der Waals surface area contributed by atoms with E-state index in [0.29, 0.717) is 16.1 Å². The quantitative estimate of drug-likeness (QED) is 0.633. The average molecular weight is 426 g/mol. The highest BCUT2D eigenvalue weighted by Crippen LogP contribution is 2.29. The van der Waals surface area contributed by atoms with Crippen LogP contribution in [0.3, 0.4) is 0 Å². The van der Waals surface area contributed by atoms with Crippen LogP contribution in [0.1, 0.15) is 0 Å². The van der Waals surface area contributed by atoms with Gasteiger partial charge in [0.25, 0.3) is 0 Å². The minimum atomic E-state index is -3.66. The van der Waals surface area contributed by atoms with Gasteiger partial charge in [0.2, 0.25) is 10.0 Å². The Morgan fingerprint density at radius 1 is 1.15 bits per heavy atom. The lowest BCUT2D eigenvalue weighted by molar-refractivity contribution is 0.521. The molecule has 0 aliphatic carbocycles. The summed E-state index contributed by atoms with van der Waals surface area (Å²) >= 11 is 7.52. The maximum atomic E-state index is 13.0. The Morgan fingerprint density at radius 2 is 1.81 bits per heavy atom. The third kappa shape index (κ3) is 3.98. The first kappa shape index (κ1) is 19.8. The van der Waals surface area contributed by atoms with Crippen LogP contribution in [0, 0.1) is 5.82 Å². The van der Waals surface area contributed by atoms with Crippen LogP contribution in [-0.4, -0.2) is 31.4 Å². The minimum absolute atomic E-state index is 0.0508. The van der Waals surface area contributed by atoms with Crippen molar-refractivity contribution in [2.45, 2.75) is 4.90 Å². The van der Waals surface area contributed by atoms with Crippen LogP contribution in [0.25, 0.3) is 11.3 Å². The van der Waals surface area contributed by atoms with E-state index in [1.807, 2.05) is 17.0 Å². The van der Waals surface area contributed by atoms with Gasteiger partial charge in [0.1, 0.15) is 10.7 Å². The molecule has 0 fully saturated rings. The second-order valence-corrected chi connectivity index (χ2v) is 9.35. The molecule has 3 rings (SSSR count). The number of nitrogens with zero attached hydrogens (tertiary/aromatic N) is 3. The van der Waals surface area contributed by atoms with Gasteiger partial charge in [-0.1, -0.05) is 17.7 Å². The monoisotopic (exact) mass is 425 g/mol. The predicted octanol–water partition coefficient (Wildman–Crippen LogP) is 4.03. The molecule has 0 aliphatic rings. The summed E-state index contributed by atoms with van der Waals surface area (Å²) in [6, 6.07) is 10.8. The highest BCUT2D eigenvalue weighted by atomic mass is 35.5. The Kier molecular flexibility index (Phi) is 5.53. The first-order valence-corrected chi connectivity index (χ1v) is 10.6. The summed E-state index contributed by atoms with van der Waals surface area (Å²) in [6.07, 6.45) is 0. The molecule has 0 amide bonds.